The van der Waals surface area contributed by atoms with Crippen LogP contribution in [0.1, 0.15) is 23.3 Å². The summed E-state index contributed by atoms with van der Waals surface area (Å²) in [5.41, 5.74) is 1.69. The summed E-state index contributed by atoms with van der Waals surface area (Å²) in [5, 5.41) is 0. The van der Waals surface area contributed by atoms with Crippen molar-refractivity contribution in [3.63, 3.8) is 0 Å². The molecule has 0 saturated carbocycles. The molecule has 6 heteroatoms. The Kier molecular flexibility index (Phi) is 3.33. The number of carbonyl (C=O) groups is 2. The van der Waals surface area contributed by atoms with E-state index in [1.54, 1.807) is 7.11 Å². The van der Waals surface area contributed by atoms with Crippen LogP contribution in [-0.2, 0) is 23.8 Å². The van der Waals surface area contributed by atoms with Gasteiger partial charge in [0.1, 0.15) is 23.7 Å². The molecule has 4 unspecified atom stereocenters. The second-order valence-electron chi connectivity index (χ2n) is 5.04. The Morgan fingerprint density at radius 2 is 1.62 bits per heavy atom. The van der Waals surface area contributed by atoms with Crippen LogP contribution in [0.5, 0.6) is 5.75 Å². The highest BCUT2D eigenvalue weighted by molar-refractivity contribution is 5.85. The Labute approximate surface area is 121 Å². The predicted octanol–water partition coefficient (Wildman–Crippen LogP) is 1.40. The molecule has 2 aliphatic rings. The van der Waals surface area contributed by atoms with Gasteiger partial charge in [0.25, 0.3) is 0 Å². The number of ether oxygens (including phenoxy) is 4. The van der Waals surface area contributed by atoms with Gasteiger partial charge in [-0.25, -0.2) is 0 Å². The minimum atomic E-state index is -0.712. The molecule has 0 radical (unpaired) electrons. The molecule has 112 valence electrons. The third-order valence-corrected chi connectivity index (χ3v) is 4.19. The van der Waals surface area contributed by atoms with Crippen molar-refractivity contribution in [3.05, 3.63) is 29.3 Å². The zero-order valence-electron chi connectivity index (χ0n) is 12.0. The van der Waals surface area contributed by atoms with E-state index in [9.17, 15) is 9.59 Å². The normalized spacial score (nSPS) is 28.9. The lowest BCUT2D eigenvalue weighted by molar-refractivity contribution is -0.157. The summed E-state index contributed by atoms with van der Waals surface area (Å²) >= 11 is 0. The van der Waals surface area contributed by atoms with Crippen molar-refractivity contribution in [2.45, 2.75) is 12.2 Å². The number of rotatable bonds is 3. The summed E-state index contributed by atoms with van der Waals surface area (Å²) in [5.74, 6) is -1.69. The second-order valence-corrected chi connectivity index (χ2v) is 5.04. The zero-order chi connectivity index (χ0) is 15.1. The molecular formula is C15H16O6. The number of fused-ring (bicyclic) bond motifs is 5. The van der Waals surface area contributed by atoms with Crippen LogP contribution < -0.4 is 4.74 Å². The lowest BCUT2D eigenvalue weighted by atomic mass is 9.75. The first-order valence-electron chi connectivity index (χ1n) is 6.62. The molecule has 4 atom stereocenters. The van der Waals surface area contributed by atoms with Gasteiger partial charge < -0.3 is 18.9 Å². The SMILES string of the molecule is COC(=O)C1C2OC(c3c(OC)cccc32)C1C(=O)OC. The van der Waals surface area contributed by atoms with Crippen LogP contribution in [0.4, 0.5) is 0 Å². The van der Waals surface area contributed by atoms with Crippen molar-refractivity contribution in [2.75, 3.05) is 21.3 Å². The molecule has 3 rings (SSSR count). The molecule has 0 aromatic heterocycles. The number of carbonyl (C=O) groups excluding carboxylic acids is 2. The maximum absolute atomic E-state index is 12.1. The first-order valence-corrected chi connectivity index (χ1v) is 6.62. The first kappa shape index (κ1) is 13.9. The summed E-state index contributed by atoms with van der Waals surface area (Å²) in [6, 6.07) is 5.53. The molecule has 1 aromatic rings. The van der Waals surface area contributed by atoms with Crippen molar-refractivity contribution in [3.8, 4) is 5.75 Å². The Morgan fingerprint density at radius 3 is 2.19 bits per heavy atom. The van der Waals surface area contributed by atoms with E-state index in [0.717, 1.165) is 11.1 Å². The lowest BCUT2D eigenvalue weighted by Gasteiger charge is -2.26. The van der Waals surface area contributed by atoms with Gasteiger partial charge in [-0.2, -0.15) is 0 Å². The van der Waals surface area contributed by atoms with Crippen molar-refractivity contribution in [1.82, 2.24) is 0 Å². The van der Waals surface area contributed by atoms with Crippen LogP contribution in [0.3, 0.4) is 0 Å². The number of hydrogen-bond donors (Lipinski definition) is 0. The maximum Gasteiger partial charge on any atom is 0.312 e. The molecular weight excluding hydrogens is 276 g/mol. The average Bonchev–Trinajstić information content (AvgIpc) is 3.09. The van der Waals surface area contributed by atoms with Crippen LogP contribution in [-0.4, -0.2) is 33.3 Å². The van der Waals surface area contributed by atoms with Gasteiger partial charge >= 0.3 is 11.9 Å². The molecule has 1 fully saturated rings. The summed E-state index contributed by atoms with van der Waals surface area (Å²) in [4.78, 5) is 24.2. The molecule has 1 aromatic carbocycles. The van der Waals surface area contributed by atoms with E-state index in [2.05, 4.69) is 0 Å². The minimum absolute atomic E-state index is 0.466. The van der Waals surface area contributed by atoms with Crippen molar-refractivity contribution in [1.29, 1.82) is 0 Å². The Hall–Kier alpha value is -2.08. The summed E-state index contributed by atoms with van der Waals surface area (Å²) in [7, 11) is 4.16. The van der Waals surface area contributed by atoms with Crippen molar-refractivity contribution in [2.24, 2.45) is 11.8 Å². The third kappa shape index (κ3) is 1.82. The van der Waals surface area contributed by atoms with Gasteiger partial charge in [0.05, 0.1) is 27.4 Å². The molecule has 0 amide bonds. The molecule has 2 bridgehead atoms. The molecule has 2 heterocycles. The van der Waals surface area contributed by atoms with E-state index in [1.807, 2.05) is 18.2 Å². The predicted molar refractivity (Wildman–Crippen MR) is 70.6 cm³/mol. The number of hydrogen-bond acceptors (Lipinski definition) is 6. The van der Waals surface area contributed by atoms with E-state index in [0.29, 0.717) is 5.75 Å². The molecule has 0 aliphatic carbocycles. The Bertz CT molecular complexity index is 596. The third-order valence-electron chi connectivity index (χ3n) is 4.19. The smallest absolute Gasteiger partial charge is 0.312 e. The maximum atomic E-state index is 12.1. The average molecular weight is 292 g/mol. The largest absolute Gasteiger partial charge is 0.496 e. The van der Waals surface area contributed by atoms with E-state index >= 15 is 0 Å². The quantitative estimate of drug-likeness (QED) is 0.784. The Morgan fingerprint density at radius 1 is 1.00 bits per heavy atom. The summed E-state index contributed by atoms with van der Waals surface area (Å²) < 4.78 is 20.9. The van der Waals surface area contributed by atoms with Gasteiger partial charge in [-0.3, -0.25) is 9.59 Å². The van der Waals surface area contributed by atoms with Gasteiger partial charge in [0.15, 0.2) is 0 Å². The van der Waals surface area contributed by atoms with E-state index in [1.165, 1.54) is 14.2 Å². The van der Waals surface area contributed by atoms with Gasteiger partial charge in [0.2, 0.25) is 0 Å². The van der Waals surface area contributed by atoms with E-state index in [4.69, 9.17) is 18.9 Å². The van der Waals surface area contributed by atoms with Crippen LogP contribution in [0, 0.1) is 11.8 Å². The van der Waals surface area contributed by atoms with E-state index in [-0.39, 0.29) is 0 Å². The number of esters is 2. The standard InChI is InChI=1S/C15H16O6/c1-18-8-6-4-5-7-9(8)13-11(15(17)20-3)10(12(7)21-13)14(16)19-2/h4-6,10-13H,1-3H3. The van der Waals surface area contributed by atoms with E-state index < -0.39 is 36.0 Å². The fourth-order valence-electron chi connectivity index (χ4n) is 3.32. The zero-order valence-corrected chi connectivity index (χ0v) is 12.0. The fraction of sp³-hybridized carbons (Fsp3) is 0.467. The van der Waals surface area contributed by atoms with Crippen LogP contribution in [0.25, 0.3) is 0 Å². The van der Waals surface area contributed by atoms with Gasteiger partial charge in [-0.1, -0.05) is 12.1 Å². The summed E-state index contributed by atoms with van der Waals surface area (Å²) in [6.07, 6.45) is -1.05. The monoisotopic (exact) mass is 292 g/mol. The van der Waals surface area contributed by atoms with Gasteiger partial charge in [-0.15, -0.1) is 0 Å². The molecule has 6 nitrogen and oxygen atoms in total. The highest BCUT2D eigenvalue weighted by Crippen LogP contribution is 2.59. The minimum Gasteiger partial charge on any atom is -0.496 e. The highest BCUT2D eigenvalue weighted by Gasteiger charge is 2.60. The molecule has 0 N–H and O–H groups in total. The lowest BCUT2D eigenvalue weighted by Crippen LogP contribution is -2.35. The molecule has 0 spiro atoms. The molecule has 21 heavy (non-hydrogen) atoms. The van der Waals surface area contributed by atoms with Gasteiger partial charge in [0, 0.05) is 5.56 Å². The van der Waals surface area contributed by atoms with Crippen molar-refractivity contribution < 1.29 is 28.5 Å². The Balaban J connectivity index is 2.11. The first-order chi connectivity index (χ1) is 10.1. The molecule has 1 saturated heterocycles. The van der Waals surface area contributed by atoms with Crippen LogP contribution in [0.2, 0.25) is 0 Å². The fourth-order valence-corrected chi connectivity index (χ4v) is 3.32. The second kappa shape index (κ2) is 5.04. The van der Waals surface area contributed by atoms with Gasteiger partial charge in [-0.05, 0) is 11.6 Å². The topological polar surface area (TPSA) is 71.1 Å². The molecule has 2 aliphatic heterocycles. The number of methoxy groups -OCH3 is 3. The summed E-state index contributed by atoms with van der Waals surface area (Å²) in [6.45, 7) is 0. The van der Waals surface area contributed by atoms with Crippen molar-refractivity contribution >= 4 is 11.9 Å². The van der Waals surface area contributed by atoms with Crippen LogP contribution >= 0.6 is 0 Å². The highest BCUT2D eigenvalue weighted by atomic mass is 16.6. The van der Waals surface area contributed by atoms with Crippen LogP contribution in [0.15, 0.2) is 18.2 Å². The number of benzene rings is 1.